The van der Waals surface area contributed by atoms with E-state index in [1.54, 1.807) is 29.2 Å². The van der Waals surface area contributed by atoms with Crippen LogP contribution in [0.1, 0.15) is 57.3 Å². The van der Waals surface area contributed by atoms with E-state index in [0.717, 1.165) is 31.1 Å². The van der Waals surface area contributed by atoms with Gasteiger partial charge in [0.1, 0.15) is 5.75 Å². The molecule has 2 aliphatic heterocycles. The standard InChI is InChI=1S/C26H29N3O7/c1-3-36-22-6-4-18(5-7-22)23(30)27-11-8-26(9-12-27)10-13-28(17-26)24(31)19-14-20(25(32)35-2)16-21(15-19)29(33)34/h4-7,14-16H,3,8-13,17H2,1-2H3. The molecule has 10 nitrogen and oxygen atoms in total. The second-order valence-electron chi connectivity index (χ2n) is 9.24. The molecule has 2 amide bonds. The smallest absolute Gasteiger partial charge is 0.338 e. The van der Waals surface area contributed by atoms with Gasteiger partial charge in [0.2, 0.25) is 0 Å². The van der Waals surface area contributed by atoms with Crippen molar-refractivity contribution in [3.8, 4) is 5.75 Å². The Morgan fingerprint density at radius 1 is 0.917 bits per heavy atom. The molecule has 2 heterocycles. The quantitative estimate of drug-likeness (QED) is 0.341. The van der Waals surface area contributed by atoms with Crippen molar-refractivity contribution in [2.75, 3.05) is 39.9 Å². The zero-order valence-corrected chi connectivity index (χ0v) is 20.4. The number of likely N-dealkylation sites (tertiary alicyclic amines) is 2. The Balaban J connectivity index is 1.41. The molecule has 0 bridgehead atoms. The zero-order chi connectivity index (χ0) is 25.9. The number of nitro groups is 1. The van der Waals surface area contributed by atoms with Crippen LogP contribution in [0, 0.1) is 15.5 Å². The fourth-order valence-corrected chi connectivity index (χ4v) is 5.00. The lowest BCUT2D eigenvalue weighted by atomic mass is 9.77. The molecule has 4 rings (SSSR count). The van der Waals surface area contributed by atoms with Crippen LogP contribution in [0.4, 0.5) is 5.69 Å². The fourth-order valence-electron chi connectivity index (χ4n) is 5.00. The van der Waals surface area contributed by atoms with Gasteiger partial charge >= 0.3 is 5.97 Å². The maximum Gasteiger partial charge on any atom is 0.338 e. The van der Waals surface area contributed by atoms with Crippen molar-refractivity contribution in [2.45, 2.75) is 26.2 Å². The van der Waals surface area contributed by atoms with Crippen LogP contribution < -0.4 is 4.74 Å². The van der Waals surface area contributed by atoms with Gasteiger partial charge in [-0.25, -0.2) is 4.79 Å². The average Bonchev–Trinajstić information content (AvgIpc) is 3.31. The minimum Gasteiger partial charge on any atom is -0.494 e. The van der Waals surface area contributed by atoms with Gasteiger partial charge < -0.3 is 19.3 Å². The van der Waals surface area contributed by atoms with Crippen molar-refractivity contribution in [1.82, 2.24) is 9.80 Å². The van der Waals surface area contributed by atoms with Crippen LogP contribution in [-0.2, 0) is 4.74 Å². The lowest BCUT2D eigenvalue weighted by Crippen LogP contribution is -2.44. The monoisotopic (exact) mass is 495 g/mol. The molecule has 2 aromatic rings. The predicted octanol–water partition coefficient (Wildman–Crippen LogP) is 3.55. The summed E-state index contributed by atoms with van der Waals surface area (Å²) in [7, 11) is 1.18. The van der Waals surface area contributed by atoms with Gasteiger partial charge in [-0.05, 0) is 61.9 Å². The van der Waals surface area contributed by atoms with Crippen molar-refractivity contribution in [3.05, 3.63) is 69.3 Å². The molecular weight excluding hydrogens is 466 g/mol. The van der Waals surface area contributed by atoms with Gasteiger partial charge in [-0.2, -0.15) is 0 Å². The predicted molar refractivity (Wildman–Crippen MR) is 130 cm³/mol. The summed E-state index contributed by atoms with van der Waals surface area (Å²) in [5, 5.41) is 11.3. The van der Waals surface area contributed by atoms with Crippen LogP contribution in [0.2, 0.25) is 0 Å². The van der Waals surface area contributed by atoms with Crippen molar-refractivity contribution >= 4 is 23.5 Å². The molecular formula is C26H29N3O7. The molecule has 1 spiro atoms. The second-order valence-corrected chi connectivity index (χ2v) is 9.24. The third-order valence-corrected chi connectivity index (χ3v) is 7.05. The van der Waals surface area contributed by atoms with E-state index < -0.39 is 10.9 Å². The number of nitrogens with zero attached hydrogens (tertiary/aromatic N) is 3. The lowest BCUT2D eigenvalue weighted by Gasteiger charge is -2.39. The van der Waals surface area contributed by atoms with Gasteiger partial charge in [-0.1, -0.05) is 0 Å². The number of carbonyl (C=O) groups is 3. The summed E-state index contributed by atoms with van der Waals surface area (Å²) in [4.78, 5) is 52.3. The van der Waals surface area contributed by atoms with Gasteiger partial charge in [0.15, 0.2) is 0 Å². The number of nitro benzene ring substituents is 1. The Morgan fingerprint density at radius 2 is 1.50 bits per heavy atom. The normalized spacial score (nSPS) is 16.6. The summed E-state index contributed by atoms with van der Waals surface area (Å²) in [6.45, 7) is 4.68. The number of amides is 2. The highest BCUT2D eigenvalue weighted by atomic mass is 16.6. The van der Waals surface area contributed by atoms with Gasteiger partial charge in [-0.15, -0.1) is 0 Å². The topological polar surface area (TPSA) is 119 Å². The average molecular weight is 496 g/mol. The molecule has 0 saturated carbocycles. The van der Waals surface area contributed by atoms with Crippen LogP contribution in [0.25, 0.3) is 0 Å². The number of piperidine rings is 1. The van der Waals surface area contributed by atoms with Crippen LogP contribution >= 0.6 is 0 Å². The Hall–Kier alpha value is -3.95. The van der Waals surface area contributed by atoms with Crippen LogP contribution in [0.5, 0.6) is 5.75 Å². The number of rotatable bonds is 6. The molecule has 2 fully saturated rings. The summed E-state index contributed by atoms with van der Waals surface area (Å²) in [6, 6.07) is 10.8. The molecule has 2 saturated heterocycles. The number of benzene rings is 2. The first-order valence-corrected chi connectivity index (χ1v) is 11.9. The van der Waals surface area contributed by atoms with Crippen molar-refractivity contribution in [1.29, 1.82) is 0 Å². The van der Waals surface area contributed by atoms with E-state index in [0.29, 0.717) is 38.3 Å². The summed E-state index contributed by atoms with van der Waals surface area (Å²) in [5.41, 5.74) is 0.229. The van der Waals surface area contributed by atoms with E-state index in [-0.39, 0.29) is 34.0 Å². The molecule has 36 heavy (non-hydrogen) atoms. The number of non-ortho nitro benzene ring substituents is 1. The Kier molecular flexibility index (Phi) is 7.23. The largest absolute Gasteiger partial charge is 0.494 e. The molecule has 0 aliphatic carbocycles. The number of methoxy groups -OCH3 is 1. The second kappa shape index (κ2) is 10.3. The molecule has 0 N–H and O–H groups in total. The maximum absolute atomic E-state index is 13.2. The Bertz CT molecular complexity index is 1170. The van der Waals surface area contributed by atoms with Gasteiger partial charge in [-0.3, -0.25) is 19.7 Å². The third kappa shape index (κ3) is 5.17. The molecule has 0 radical (unpaired) electrons. The molecule has 190 valence electrons. The summed E-state index contributed by atoms with van der Waals surface area (Å²) >= 11 is 0. The van der Waals surface area contributed by atoms with E-state index in [9.17, 15) is 24.5 Å². The summed E-state index contributed by atoms with van der Waals surface area (Å²) < 4.78 is 10.1. The fraction of sp³-hybridized carbons (Fsp3) is 0.423. The highest BCUT2D eigenvalue weighted by Crippen LogP contribution is 2.41. The van der Waals surface area contributed by atoms with E-state index in [4.69, 9.17) is 4.74 Å². The van der Waals surface area contributed by atoms with E-state index in [2.05, 4.69) is 4.74 Å². The van der Waals surface area contributed by atoms with Crippen LogP contribution in [0.15, 0.2) is 42.5 Å². The van der Waals surface area contributed by atoms with E-state index >= 15 is 0 Å². The molecule has 0 unspecified atom stereocenters. The van der Waals surface area contributed by atoms with E-state index in [1.807, 2.05) is 11.8 Å². The zero-order valence-electron chi connectivity index (χ0n) is 20.4. The Labute approximate surface area is 208 Å². The molecule has 2 aromatic carbocycles. The molecule has 2 aliphatic rings. The molecule has 10 heteroatoms. The SMILES string of the molecule is CCOc1ccc(C(=O)N2CCC3(CC2)CCN(C(=O)c2cc(C(=O)OC)cc([N+](=O)[O-])c2)C3)cc1. The number of carbonyl (C=O) groups excluding carboxylic acids is 3. The number of ether oxygens (including phenoxy) is 2. The van der Waals surface area contributed by atoms with E-state index in [1.165, 1.54) is 19.2 Å². The van der Waals surface area contributed by atoms with Crippen molar-refractivity contribution in [2.24, 2.45) is 5.41 Å². The van der Waals surface area contributed by atoms with Gasteiger partial charge in [0, 0.05) is 49.4 Å². The van der Waals surface area contributed by atoms with Crippen molar-refractivity contribution < 1.29 is 28.8 Å². The van der Waals surface area contributed by atoms with Crippen molar-refractivity contribution in [3.63, 3.8) is 0 Å². The minimum absolute atomic E-state index is 0.0224. The first-order chi connectivity index (χ1) is 17.2. The summed E-state index contributed by atoms with van der Waals surface area (Å²) in [6.07, 6.45) is 2.33. The Morgan fingerprint density at radius 3 is 2.08 bits per heavy atom. The van der Waals surface area contributed by atoms with Gasteiger partial charge in [0.05, 0.1) is 24.2 Å². The van der Waals surface area contributed by atoms with Crippen LogP contribution in [-0.4, -0.2) is 72.4 Å². The number of hydrogen-bond donors (Lipinski definition) is 0. The van der Waals surface area contributed by atoms with Crippen LogP contribution in [0.3, 0.4) is 0 Å². The first kappa shape index (κ1) is 25.2. The number of esters is 1. The maximum atomic E-state index is 13.2. The highest BCUT2D eigenvalue weighted by Gasteiger charge is 2.43. The molecule has 0 aromatic heterocycles. The van der Waals surface area contributed by atoms with Gasteiger partial charge in [0.25, 0.3) is 17.5 Å². The minimum atomic E-state index is -0.741. The number of hydrogen-bond acceptors (Lipinski definition) is 7. The summed E-state index contributed by atoms with van der Waals surface area (Å²) in [5.74, 6) is -0.389. The lowest BCUT2D eigenvalue weighted by molar-refractivity contribution is -0.384. The molecule has 0 atom stereocenters. The third-order valence-electron chi connectivity index (χ3n) is 7.05. The highest BCUT2D eigenvalue weighted by molar-refractivity contribution is 5.99. The first-order valence-electron chi connectivity index (χ1n) is 11.9.